The van der Waals surface area contributed by atoms with Crippen LogP contribution in [0.2, 0.25) is 0 Å². The van der Waals surface area contributed by atoms with Gasteiger partial charge in [-0.1, -0.05) is 29.5 Å². The normalized spacial score (nSPS) is 12.6. The van der Waals surface area contributed by atoms with Crippen LogP contribution in [0.25, 0.3) is 0 Å². The Hall–Kier alpha value is -2.32. The number of nitrogens with zero attached hydrogens (tertiary/aromatic N) is 2. The van der Waals surface area contributed by atoms with Gasteiger partial charge >= 0.3 is 0 Å². The molecule has 0 saturated carbocycles. The average Bonchev–Trinajstić information content (AvgIpc) is 3.05. The number of carbonyl (C=O) groups excluding carboxylic acids is 1. The van der Waals surface area contributed by atoms with Gasteiger partial charge in [0.25, 0.3) is 0 Å². The molecule has 0 saturated heterocycles. The Bertz CT molecular complexity index is 905. The molecule has 134 valence electrons. The van der Waals surface area contributed by atoms with Gasteiger partial charge in [0.2, 0.25) is 5.91 Å². The fourth-order valence-electron chi connectivity index (χ4n) is 3.67. The van der Waals surface area contributed by atoms with Crippen molar-refractivity contribution in [2.24, 2.45) is 0 Å². The van der Waals surface area contributed by atoms with Crippen LogP contribution in [0.5, 0.6) is 0 Å². The third kappa shape index (κ3) is 3.61. The van der Waals surface area contributed by atoms with Gasteiger partial charge in [0.1, 0.15) is 11.1 Å². The Morgan fingerprint density at radius 1 is 1.23 bits per heavy atom. The molecule has 3 rings (SSSR count). The molecule has 0 aliphatic heterocycles. The quantitative estimate of drug-likeness (QED) is 0.815. The van der Waals surface area contributed by atoms with Crippen LogP contribution in [0, 0.1) is 39.0 Å². The minimum atomic E-state index is -0.0751. The number of hydrogen-bond donors (Lipinski definition) is 1. The van der Waals surface area contributed by atoms with Crippen LogP contribution in [0.15, 0.2) is 17.2 Å². The van der Waals surface area contributed by atoms with Gasteiger partial charge in [-0.3, -0.25) is 4.79 Å². The van der Waals surface area contributed by atoms with Gasteiger partial charge in [-0.2, -0.15) is 5.26 Å². The van der Waals surface area contributed by atoms with Crippen LogP contribution >= 0.6 is 11.8 Å². The summed E-state index contributed by atoms with van der Waals surface area (Å²) in [6.07, 6.45) is 3.05. The molecule has 4 nitrogen and oxygen atoms in total. The topological polar surface area (TPSA) is 65.8 Å². The van der Waals surface area contributed by atoms with E-state index in [1.165, 1.54) is 22.9 Å². The summed E-state index contributed by atoms with van der Waals surface area (Å²) in [6, 6.07) is 6.41. The summed E-state index contributed by atoms with van der Waals surface area (Å²) in [4.78, 5) is 17.1. The van der Waals surface area contributed by atoms with Crippen molar-refractivity contribution in [2.45, 2.75) is 52.0 Å². The summed E-state index contributed by atoms with van der Waals surface area (Å²) in [5, 5.41) is 13.2. The number of thioether (sulfide) groups is 1. The number of rotatable bonds is 4. The molecule has 1 amide bonds. The standard InChI is InChI=1S/C21H23N3OS/c1-12-8-13(2)20(14(3)9-12)24-19(25)11-26-21-17(10-22)15(4)16-6-5-7-18(16)23-21/h8-9H,5-7,11H2,1-4H3,(H,24,25). The largest absolute Gasteiger partial charge is 0.325 e. The molecule has 1 aromatic heterocycles. The van der Waals surface area contributed by atoms with Crippen molar-refractivity contribution in [3.05, 3.63) is 51.2 Å². The highest BCUT2D eigenvalue weighted by atomic mass is 32.2. The minimum absolute atomic E-state index is 0.0751. The van der Waals surface area contributed by atoms with Crippen molar-refractivity contribution in [3.8, 4) is 6.07 Å². The summed E-state index contributed by atoms with van der Waals surface area (Å²) in [5.74, 6) is 0.168. The number of amides is 1. The molecule has 26 heavy (non-hydrogen) atoms. The monoisotopic (exact) mass is 365 g/mol. The maximum Gasteiger partial charge on any atom is 0.234 e. The Morgan fingerprint density at radius 2 is 1.92 bits per heavy atom. The van der Waals surface area contributed by atoms with E-state index in [2.05, 4.69) is 28.5 Å². The predicted molar refractivity (Wildman–Crippen MR) is 106 cm³/mol. The second-order valence-corrected chi connectivity index (χ2v) is 7.88. The lowest BCUT2D eigenvalue weighted by Crippen LogP contribution is -2.16. The molecule has 0 bridgehead atoms. The third-order valence-corrected chi connectivity index (χ3v) is 5.84. The minimum Gasteiger partial charge on any atom is -0.325 e. The number of hydrogen-bond acceptors (Lipinski definition) is 4. The van der Waals surface area contributed by atoms with Crippen LogP contribution in [-0.4, -0.2) is 16.6 Å². The molecular weight excluding hydrogens is 342 g/mol. The lowest BCUT2D eigenvalue weighted by atomic mass is 10.0. The fraction of sp³-hybridized carbons (Fsp3) is 0.381. The number of aryl methyl sites for hydroxylation is 4. The number of anilines is 1. The predicted octanol–water partition coefficient (Wildman–Crippen LogP) is 4.41. The number of aromatic nitrogens is 1. The number of pyridine rings is 1. The third-order valence-electron chi connectivity index (χ3n) is 4.86. The van der Waals surface area contributed by atoms with E-state index >= 15 is 0 Å². The molecule has 0 radical (unpaired) electrons. The van der Waals surface area contributed by atoms with Gasteiger partial charge in [0.15, 0.2) is 0 Å². The van der Waals surface area contributed by atoms with Gasteiger partial charge in [-0.25, -0.2) is 4.98 Å². The van der Waals surface area contributed by atoms with Gasteiger partial charge in [0, 0.05) is 11.4 Å². The van der Waals surface area contributed by atoms with Crippen molar-refractivity contribution >= 4 is 23.4 Å². The van der Waals surface area contributed by atoms with E-state index in [-0.39, 0.29) is 11.7 Å². The van der Waals surface area contributed by atoms with Gasteiger partial charge in [0.05, 0.1) is 11.3 Å². The maximum absolute atomic E-state index is 12.5. The van der Waals surface area contributed by atoms with E-state index in [0.717, 1.165) is 47.3 Å². The zero-order chi connectivity index (χ0) is 18.8. The Kier molecular flexibility index (Phi) is 5.33. The summed E-state index contributed by atoms with van der Waals surface area (Å²) in [5.41, 5.74) is 8.14. The van der Waals surface area contributed by atoms with Crippen LogP contribution in [-0.2, 0) is 17.6 Å². The lowest BCUT2D eigenvalue weighted by Gasteiger charge is -2.13. The molecule has 0 unspecified atom stereocenters. The molecule has 1 aliphatic rings. The van der Waals surface area contributed by atoms with Gasteiger partial charge in [-0.15, -0.1) is 0 Å². The van der Waals surface area contributed by atoms with Crippen molar-refractivity contribution in [2.75, 3.05) is 11.1 Å². The van der Waals surface area contributed by atoms with Crippen LogP contribution in [0.4, 0.5) is 5.69 Å². The van der Waals surface area contributed by atoms with Gasteiger partial charge < -0.3 is 5.32 Å². The molecule has 1 heterocycles. The summed E-state index contributed by atoms with van der Waals surface area (Å²) in [7, 11) is 0. The van der Waals surface area contributed by atoms with E-state index in [4.69, 9.17) is 0 Å². The Morgan fingerprint density at radius 3 is 2.58 bits per heavy atom. The highest BCUT2D eigenvalue weighted by Crippen LogP contribution is 2.32. The first kappa shape index (κ1) is 18.5. The average molecular weight is 366 g/mol. The van der Waals surface area contributed by atoms with Crippen molar-refractivity contribution in [3.63, 3.8) is 0 Å². The highest BCUT2D eigenvalue weighted by Gasteiger charge is 2.21. The number of carbonyl (C=O) groups is 1. The molecule has 0 spiro atoms. The summed E-state index contributed by atoms with van der Waals surface area (Å²) >= 11 is 1.35. The van der Waals surface area contributed by atoms with E-state index in [0.29, 0.717) is 10.6 Å². The fourth-order valence-corrected chi connectivity index (χ4v) is 4.53. The molecule has 1 N–H and O–H groups in total. The van der Waals surface area contributed by atoms with Gasteiger partial charge in [-0.05, 0) is 69.2 Å². The van der Waals surface area contributed by atoms with E-state index in [1.54, 1.807) is 0 Å². The van der Waals surface area contributed by atoms with Crippen molar-refractivity contribution in [1.82, 2.24) is 4.98 Å². The first-order chi connectivity index (χ1) is 12.4. The SMILES string of the molecule is Cc1cc(C)c(NC(=O)CSc2nc3c(c(C)c2C#N)CCC3)c(C)c1. The first-order valence-electron chi connectivity index (χ1n) is 8.83. The van der Waals surface area contributed by atoms with E-state index in [1.807, 2.05) is 27.7 Å². The first-order valence-corrected chi connectivity index (χ1v) is 9.82. The lowest BCUT2D eigenvalue weighted by molar-refractivity contribution is -0.113. The number of benzene rings is 1. The summed E-state index contributed by atoms with van der Waals surface area (Å²) < 4.78 is 0. The number of nitriles is 1. The summed E-state index contributed by atoms with van der Waals surface area (Å²) in [6.45, 7) is 8.05. The second kappa shape index (κ2) is 7.51. The Labute approximate surface area is 159 Å². The Balaban J connectivity index is 1.75. The van der Waals surface area contributed by atoms with Crippen LogP contribution < -0.4 is 5.32 Å². The molecule has 2 aromatic rings. The highest BCUT2D eigenvalue weighted by molar-refractivity contribution is 8.00. The zero-order valence-corrected chi connectivity index (χ0v) is 16.5. The van der Waals surface area contributed by atoms with Crippen molar-refractivity contribution in [1.29, 1.82) is 5.26 Å². The van der Waals surface area contributed by atoms with E-state index in [9.17, 15) is 10.1 Å². The number of fused-ring (bicyclic) bond motifs is 1. The molecule has 5 heteroatoms. The maximum atomic E-state index is 12.5. The second-order valence-electron chi connectivity index (χ2n) is 6.92. The molecule has 1 aromatic carbocycles. The van der Waals surface area contributed by atoms with E-state index < -0.39 is 0 Å². The number of nitrogens with one attached hydrogen (secondary N) is 1. The molecule has 0 atom stereocenters. The van der Waals surface area contributed by atoms with Crippen molar-refractivity contribution < 1.29 is 4.79 Å². The molecule has 1 aliphatic carbocycles. The molecule has 0 fully saturated rings. The zero-order valence-electron chi connectivity index (χ0n) is 15.7. The van der Waals surface area contributed by atoms with Crippen LogP contribution in [0.1, 0.15) is 45.5 Å². The van der Waals surface area contributed by atoms with Crippen LogP contribution in [0.3, 0.4) is 0 Å². The molecular formula is C21H23N3OS. The smallest absolute Gasteiger partial charge is 0.234 e.